The SMILES string of the molecule is c1ccc(-c2ccc(N(c3ccc(-c4ccccc4)cc3)c3ccc(-c4cccc(-c5ccccc5)c4-c4ccccc4-c4ccccc4)cc3)cc2)cc1. The second kappa shape index (κ2) is 15.4. The molecule has 9 rings (SSSR count). The molecule has 0 heterocycles. The third-order valence-corrected chi connectivity index (χ3v) is 10.3. The summed E-state index contributed by atoms with van der Waals surface area (Å²) in [4.78, 5) is 2.35. The van der Waals surface area contributed by atoms with Crippen LogP contribution in [0.2, 0.25) is 0 Å². The van der Waals surface area contributed by atoms with Crippen LogP contribution in [-0.4, -0.2) is 0 Å². The third-order valence-electron chi connectivity index (χ3n) is 10.3. The highest BCUT2D eigenvalue weighted by Gasteiger charge is 2.19. The average molecular weight is 702 g/mol. The van der Waals surface area contributed by atoms with Gasteiger partial charge in [0.1, 0.15) is 0 Å². The fourth-order valence-electron chi connectivity index (χ4n) is 7.62. The van der Waals surface area contributed by atoms with Gasteiger partial charge in [0.15, 0.2) is 0 Å². The summed E-state index contributed by atoms with van der Waals surface area (Å²) in [5.74, 6) is 0. The van der Waals surface area contributed by atoms with Crippen LogP contribution in [0.25, 0.3) is 66.8 Å². The quantitative estimate of drug-likeness (QED) is 0.145. The molecule has 1 heteroatoms. The summed E-state index contributed by atoms with van der Waals surface area (Å²) in [7, 11) is 0. The zero-order valence-electron chi connectivity index (χ0n) is 30.5. The summed E-state index contributed by atoms with van der Waals surface area (Å²) < 4.78 is 0. The summed E-state index contributed by atoms with van der Waals surface area (Å²) >= 11 is 0. The van der Waals surface area contributed by atoms with E-state index in [1.54, 1.807) is 0 Å². The van der Waals surface area contributed by atoms with Crippen LogP contribution in [0.4, 0.5) is 17.1 Å². The van der Waals surface area contributed by atoms with Gasteiger partial charge in [-0.25, -0.2) is 0 Å². The predicted molar refractivity (Wildman–Crippen MR) is 234 cm³/mol. The zero-order chi connectivity index (χ0) is 36.8. The Hall–Kier alpha value is -7.22. The lowest BCUT2D eigenvalue weighted by Crippen LogP contribution is -2.09. The van der Waals surface area contributed by atoms with Crippen molar-refractivity contribution in [1.82, 2.24) is 0 Å². The number of benzene rings is 9. The largest absolute Gasteiger partial charge is 0.311 e. The van der Waals surface area contributed by atoms with Gasteiger partial charge in [0.05, 0.1) is 0 Å². The molecule has 0 aliphatic rings. The van der Waals surface area contributed by atoms with Crippen molar-refractivity contribution >= 4 is 17.1 Å². The summed E-state index contributed by atoms with van der Waals surface area (Å²) in [5.41, 5.74) is 17.7. The molecule has 0 aromatic heterocycles. The van der Waals surface area contributed by atoms with Crippen molar-refractivity contribution in [3.05, 3.63) is 237 Å². The lowest BCUT2D eigenvalue weighted by atomic mass is 9.84. The van der Waals surface area contributed by atoms with Gasteiger partial charge in [0.2, 0.25) is 0 Å². The maximum absolute atomic E-state index is 2.35. The maximum atomic E-state index is 2.35. The molecule has 0 aliphatic heterocycles. The van der Waals surface area contributed by atoms with Crippen LogP contribution in [0.1, 0.15) is 0 Å². The maximum Gasteiger partial charge on any atom is 0.0462 e. The number of hydrogen-bond donors (Lipinski definition) is 0. The van der Waals surface area contributed by atoms with E-state index in [9.17, 15) is 0 Å². The molecular formula is C54H39N. The Morgan fingerprint density at radius 2 is 0.455 bits per heavy atom. The van der Waals surface area contributed by atoms with Crippen molar-refractivity contribution < 1.29 is 0 Å². The van der Waals surface area contributed by atoms with Crippen LogP contribution in [0, 0.1) is 0 Å². The van der Waals surface area contributed by atoms with Gasteiger partial charge in [0.25, 0.3) is 0 Å². The van der Waals surface area contributed by atoms with Gasteiger partial charge in [-0.3, -0.25) is 0 Å². The lowest BCUT2D eigenvalue weighted by Gasteiger charge is -2.26. The van der Waals surface area contributed by atoms with Gasteiger partial charge in [-0.05, 0) is 103 Å². The average Bonchev–Trinajstić information content (AvgIpc) is 3.28. The molecule has 0 unspecified atom stereocenters. The Morgan fingerprint density at radius 3 is 0.873 bits per heavy atom. The summed E-state index contributed by atoms with van der Waals surface area (Å²) in [6.07, 6.45) is 0. The minimum absolute atomic E-state index is 1.09. The van der Waals surface area contributed by atoms with E-state index in [4.69, 9.17) is 0 Å². The molecule has 0 bridgehead atoms. The Morgan fingerprint density at radius 1 is 0.182 bits per heavy atom. The lowest BCUT2D eigenvalue weighted by molar-refractivity contribution is 1.28. The first-order valence-corrected chi connectivity index (χ1v) is 18.8. The minimum atomic E-state index is 1.09. The van der Waals surface area contributed by atoms with Crippen molar-refractivity contribution in [2.45, 2.75) is 0 Å². The molecule has 9 aromatic rings. The number of hydrogen-bond acceptors (Lipinski definition) is 1. The normalized spacial score (nSPS) is 10.9. The highest BCUT2D eigenvalue weighted by Crippen LogP contribution is 2.45. The van der Waals surface area contributed by atoms with Crippen molar-refractivity contribution in [1.29, 1.82) is 0 Å². The molecule has 0 atom stereocenters. The highest BCUT2D eigenvalue weighted by molar-refractivity contribution is 5.99. The van der Waals surface area contributed by atoms with Gasteiger partial charge < -0.3 is 4.90 Å². The molecule has 1 nitrogen and oxygen atoms in total. The molecular weight excluding hydrogens is 663 g/mol. The first kappa shape index (κ1) is 33.6. The van der Waals surface area contributed by atoms with E-state index >= 15 is 0 Å². The fourth-order valence-corrected chi connectivity index (χ4v) is 7.62. The van der Waals surface area contributed by atoms with E-state index in [1.807, 2.05) is 0 Å². The van der Waals surface area contributed by atoms with Crippen LogP contribution in [0.15, 0.2) is 237 Å². The topological polar surface area (TPSA) is 3.24 Å². The third kappa shape index (κ3) is 7.00. The standard InChI is InChI=1S/C54H39N/c1-5-16-40(17-6-1)42-28-34-47(35-29-42)55(48-36-30-43(31-37-48)41-18-7-2-8-19-41)49-38-32-46(33-39-49)52-27-15-26-51(45-22-11-4-12-23-45)54(52)53-25-14-13-24-50(53)44-20-9-3-10-21-44/h1-39H. The Bertz CT molecular complexity index is 2550. The van der Waals surface area contributed by atoms with Gasteiger partial charge in [-0.15, -0.1) is 0 Å². The van der Waals surface area contributed by atoms with Crippen LogP contribution >= 0.6 is 0 Å². The van der Waals surface area contributed by atoms with Crippen molar-refractivity contribution in [3.63, 3.8) is 0 Å². The molecule has 0 spiro atoms. The molecule has 0 aliphatic carbocycles. The van der Waals surface area contributed by atoms with Crippen LogP contribution in [0.3, 0.4) is 0 Å². The molecule has 0 N–H and O–H groups in total. The molecule has 55 heavy (non-hydrogen) atoms. The van der Waals surface area contributed by atoms with E-state index in [-0.39, 0.29) is 0 Å². The van der Waals surface area contributed by atoms with E-state index in [1.165, 1.54) is 61.2 Å². The second-order valence-corrected chi connectivity index (χ2v) is 13.7. The molecule has 0 amide bonds. The number of rotatable bonds is 9. The van der Waals surface area contributed by atoms with Gasteiger partial charge >= 0.3 is 0 Å². The van der Waals surface area contributed by atoms with Gasteiger partial charge in [-0.1, -0.05) is 200 Å². The highest BCUT2D eigenvalue weighted by atomic mass is 15.1. The van der Waals surface area contributed by atoms with E-state index in [0.717, 1.165) is 22.6 Å². The summed E-state index contributed by atoms with van der Waals surface area (Å²) in [6, 6.07) is 84.9. The van der Waals surface area contributed by atoms with Gasteiger partial charge in [0, 0.05) is 17.1 Å². The van der Waals surface area contributed by atoms with E-state index in [2.05, 4.69) is 241 Å². The molecule has 0 radical (unpaired) electrons. The molecule has 9 aromatic carbocycles. The Balaban J connectivity index is 1.16. The Kier molecular flexibility index (Phi) is 9.41. The van der Waals surface area contributed by atoms with E-state index in [0.29, 0.717) is 0 Å². The molecule has 0 fully saturated rings. The van der Waals surface area contributed by atoms with Gasteiger partial charge in [-0.2, -0.15) is 0 Å². The minimum Gasteiger partial charge on any atom is -0.311 e. The Labute approximate surface area is 324 Å². The summed E-state index contributed by atoms with van der Waals surface area (Å²) in [6.45, 7) is 0. The summed E-state index contributed by atoms with van der Waals surface area (Å²) in [5, 5.41) is 0. The van der Waals surface area contributed by atoms with Crippen molar-refractivity contribution in [2.24, 2.45) is 0 Å². The smallest absolute Gasteiger partial charge is 0.0462 e. The van der Waals surface area contributed by atoms with Crippen LogP contribution in [-0.2, 0) is 0 Å². The first-order valence-electron chi connectivity index (χ1n) is 18.8. The molecule has 260 valence electrons. The second-order valence-electron chi connectivity index (χ2n) is 13.7. The fraction of sp³-hybridized carbons (Fsp3) is 0. The number of nitrogens with zero attached hydrogens (tertiary/aromatic N) is 1. The monoisotopic (exact) mass is 701 g/mol. The first-order chi connectivity index (χ1) is 27.3. The van der Waals surface area contributed by atoms with Crippen molar-refractivity contribution in [2.75, 3.05) is 4.90 Å². The number of anilines is 3. The van der Waals surface area contributed by atoms with Crippen LogP contribution < -0.4 is 4.90 Å². The molecule has 0 saturated heterocycles. The zero-order valence-corrected chi connectivity index (χ0v) is 30.5. The van der Waals surface area contributed by atoms with Crippen molar-refractivity contribution in [3.8, 4) is 66.8 Å². The molecule has 0 saturated carbocycles. The van der Waals surface area contributed by atoms with E-state index < -0.39 is 0 Å². The predicted octanol–water partition coefficient (Wildman–Crippen LogP) is 15.2. The van der Waals surface area contributed by atoms with Crippen LogP contribution in [0.5, 0.6) is 0 Å².